The second-order valence-electron chi connectivity index (χ2n) is 6.59. The van der Waals surface area contributed by atoms with Crippen molar-refractivity contribution in [3.8, 4) is 16.9 Å². The Balaban J connectivity index is 1.89. The van der Waals surface area contributed by atoms with Crippen LogP contribution in [0.25, 0.3) is 16.9 Å². The van der Waals surface area contributed by atoms with Crippen LogP contribution in [0.2, 0.25) is 10.0 Å². The summed E-state index contributed by atoms with van der Waals surface area (Å²) in [7, 11) is 0. The largest absolute Gasteiger partial charge is 0.322 e. The van der Waals surface area contributed by atoms with Gasteiger partial charge < -0.3 is 9.88 Å². The van der Waals surface area contributed by atoms with E-state index in [-0.39, 0.29) is 5.91 Å². The SMILES string of the molecule is O=Cc1cc(C(=O)Nc2ccc(Cl)cc2)c(-c2ccccc2)n1-c1cccc(Cl)c1. The number of carbonyl (C=O) groups is 2. The van der Waals surface area contributed by atoms with E-state index in [1.165, 1.54) is 0 Å². The number of amides is 1. The molecule has 0 spiro atoms. The van der Waals surface area contributed by atoms with Crippen LogP contribution in [-0.2, 0) is 0 Å². The molecule has 0 aliphatic carbocycles. The Morgan fingerprint density at radius 3 is 2.23 bits per heavy atom. The highest BCUT2D eigenvalue weighted by Crippen LogP contribution is 2.32. The van der Waals surface area contributed by atoms with Crippen LogP contribution in [0.5, 0.6) is 0 Å². The Morgan fingerprint density at radius 2 is 1.57 bits per heavy atom. The predicted octanol–water partition coefficient (Wildman–Crippen LogP) is 6.52. The molecular weight excluding hydrogens is 419 g/mol. The van der Waals surface area contributed by atoms with E-state index >= 15 is 0 Å². The van der Waals surface area contributed by atoms with Gasteiger partial charge in [0.05, 0.1) is 17.0 Å². The van der Waals surface area contributed by atoms with Crippen molar-refractivity contribution < 1.29 is 9.59 Å². The zero-order chi connectivity index (χ0) is 21.1. The molecule has 4 aromatic rings. The first-order chi connectivity index (χ1) is 14.6. The second kappa shape index (κ2) is 8.57. The van der Waals surface area contributed by atoms with Crippen molar-refractivity contribution in [1.29, 1.82) is 0 Å². The minimum Gasteiger partial charge on any atom is -0.322 e. The van der Waals surface area contributed by atoms with E-state index in [1.54, 1.807) is 53.1 Å². The van der Waals surface area contributed by atoms with E-state index in [9.17, 15) is 9.59 Å². The normalized spacial score (nSPS) is 10.6. The van der Waals surface area contributed by atoms with Gasteiger partial charge in [-0.25, -0.2) is 0 Å². The maximum atomic E-state index is 13.2. The molecule has 1 amide bonds. The molecule has 1 N–H and O–H groups in total. The molecule has 0 unspecified atom stereocenters. The summed E-state index contributed by atoms with van der Waals surface area (Å²) >= 11 is 12.1. The number of hydrogen-bond donors (Lipinski definition) is 1. The van der Waals surface area contributed by atoms with Crippen LogP contribution >= 0.6 is 23.2 Å². The molecule has 0 saturated carbocycles. The number of halogens is 2. The monoisotopic (exact) mass is 434 g/mol. The van der Waals surface area contributed by atoms with Crippen molar-refractivity contribution in [3.05, 3.63) is 106 Å². The maximum Gasteiger partial charge on any atom is 0.257 e. The molecule has 1 heterocycles. The minimum atomic E-state index is -0.333. The third kappa shape index (κ3) is 4.01. The first kappa shape index (κ1) is 20.0. The van der Waals surface area contributed by atoms with Crippen LogP contribution in [0.3, 0.4) is 0 Å². The fourth-order valence-electron chi connectivity index (χ4n) is 3.30. The number of rotatable bonds is 5. The van der Waals surface area contributed by atoms with Crippen LogP contribution in [0.1, 0.15) is 20.8 Å². The summed E-state index contributed by atoms with van der Waals surface area (Å²) in [4.78, 5) is 25.1. The van der Waals surface area contributed by atoms with Crippen LogP contribution in [0.15, 0.2) is 84.9 Å². The first-order valence-corrected chi connectivity index (χ1v) is 9.91. The number of aldehydes is 1. The number of aromatic nitrogens is 1. The molecule has 0 fully saturated rings. The minimum absolute atomic E-state index is 0.333. The van der Waals surface area contributed by atoms with Gasteiger partial charge in [0, 0.05) is 21.4 Å². The molecular formula is C24H16Cl2N2O2. The lowest BCUT2D eigenvalue weighted by Gasteiger charge is -2.14. The van der Waals surface area contributed by atoms with Crippen LogP contribution < -0.4 is 5.32 Å². The van der Waals surface area contributed by atoms with Gasteiger partial charge in [-0.15, -0.1) is 0 Å². The number of anilines is 1. The summed E-state index contributed by atoms with van der Waals surface area (Å²) in [5, 5.41) is 3.98. The molecule has 0 atom stereocenters. The predicted molar refractivity (Wildman–Crippen MR) is 121 cm³/mol. The van der Waals surface area contributed by atoms with Gasteiger partial charge in [-0.3, -0.25) is 9.59 Å². The third-order valence-electron chi connectivity index (χ3n) is 4.61. The van der Waals surface area contributed by atoms with Gasteiger partial charge in [-0.05, 0) is 54.1 Å². The van der Waals surface area contributed by atoms with Gasteiger partial charge in [-0.2, -0.15) is 0 Å². The fraction of sp³-hybridized carbons (Fsp3) is 0. The van der Waals surface area contributed by atoms with Crippen molar-refractivity contribution in [2.24, 2.45) is 0 Å². The number of carbonyl (C=O) groups excluding carboxylic acids is 2. The van der Waals surface area contributed by atoms with Crippen LogP contribution in [-0.4, -0.2) is 16.8 Å². The molecule has 4 rings (SSSR count). The molecule has 30 heavy (non-hydrogen) atoms. The van der Waals surface area contributed by atoms with Gasteiger partial charge in [0.25, 0.3) is 5.91 Å². The van der Waals surface area contributed by atoms with E-state index < -0.39 is 0 Å². The smallest absolute Gasteiger partial charge is 0.257 e. The van der Waals surface area contributed by atoms with Crippen LogP contribution in [0.4, 0.5) is 5.69 Å². The Morgan fingerprint density at radius 1 is 0.833 bits per heavy atom. The molecule has 0 radical (unpaired) electrons. The summed E-state index contributed by atoms with van der Waals surface area (Å²) in [5.41, 5.74) is 3.41. The fourth-order valence-corrected chi connectivity index (χ4v) is 3.61. The average Bonchev–Trinajstić information content (AvgIpc) is 3.16. The standard InChI is InChI=1S/C24H16Cl2N2O2/c25-17-9-11-19(12-10-17)27-24(30)22-14-21(15-29)28(20-8-4-7-18(26)13-20)23(22)16-5-2-1-3-6-16/h1-15H,(H,27,30). The highest BCUT2D eigenvalue weighted by atomic mass is 35.5. The van der Waals surface area contributed by atoms with Gasteiger partial charge in [0.1, 0.15) is 0 Å². The lowest BCUT2D eigenvalue weighted by Crippen LogP contribution is -2.13. The van der Waals surface area contributed by atoms with Crippen molar-refractivity contribution in [3.63, 3.8) is 0 Å². The zero-order valence-corrected chi connectivity index (χ0v) is 17.2. The Kier molecular flexibility index (Phi) is 5.70. The molecule has 6 heteroatoms. The highest BCUT2D eigenvalue weighted by Gasteiger charge is 2.23. The lowest BCUT2D eigenvalue weighted by atomic mass is 10.1. The number of hydrogen-bond acceptors (Lipinski definition) is 2. The molecule has 148 valence electrons. The third-order valence-corrected chi connectivity index (χ3v) is 5.10. The second-order valence-corrected chi connectivity index (χ2v) is 7.46. The average molecular weight is 435 g/mol. The number of benzene rings is 3. The summed E-state index contributed by atoms with van der Waals surface area (Å²) in [6, 6.07) is 25.0. The molecule has 0 saturated heterocycles. The molecule has 1 aromatic heterocycles. The quantitative estimate of drug-likeness (QED) is 0.363. The summed E-state index contributed by atoms with van der Waals surface area (Å²) < 4.78 is 1.74. The van der Waals surface area contributed by atoms with Crippen molar-refractivity contribution in [2.75, 3.05) is 5.32 Å². The molecule has 0 bridgehead atoms. The number of nitrogens with zero attached hydrogens (tertiary/aromatic N) is 1. The highest BCUT2D eigenvalue weighted by molar-refractivity contribution is 6.31. The lowest BCUT2D eigenvalue weighted by molar-refractivity contribution is 0.102. The molecule has 4 nitrogen and oxygen atoms in total. The van der Waals surface area contributed by atoms with Crippen molar-refractivity contribution >= 4 is 41.1 Å². The maximum absolute atomic E-state index is 13.2. The summed E-state index contributed by atoms with van der Waals surface area (Å²) in [5.74, 6) is -0.333. The van der Waals surface area contributed by atoms with E-state index in [0.717, 1.165) is 11.8 Å². The zero-order valence-electron chi connectivity index (χ0n) is 15.7. The topological polar surface area (TPSA) is 51.1 Å². The molecule has 0 aliphatic heterocycles. The molecule has 0 aliphatic rings. The van der Waals surface area contributed by atoms with Gasteiger partial charge in [0.2, 0.25) is 0 Å². The first-order valence-electron chi connectivity index (χ1n) is 9.16. The number of nitrogens with one attached hydrogen (secondary N) is 1. The van der Waals surface area contributed by atoms with Gasteiger partial charge in [0.15, 0.2) is 6.29 Å². The van der Waals surface area contributed by atoms with Crippen molar-refractivity contribution in [1.82, 2.24) is 4.57 Å². The van der Waals surface area contributed by atoms with E-state index in [1.807, 2.05) is 36.4 Å². The Bertz CT molecular complexity index is 1220. The molecule has 3 aromatic carbocycles. The van der Waals surface area contributed by atoms with E-state index in [0.29, 0.717) is 38.4 Å². The van der Waals surface area contributed by atoms with Gasteiger partial charge >= 0.3 is 0 Å². The summed E-state index contributed by atoms with van der Waals surface area (Å²) in [6.45, 7) is 0. The van der Waals surface area contributed by atoms with Crippen molar-refractivity contribution in [2.45, 2.75) is 0 Å². The summed E-state index contributed by atoms with van der Waals surface area (Å²) in [6.07, 6.45) is 0.729. The van der Waals surface area contributed by atoms with E-state index in [2.05, 4.69) is 5.32 Å². The van der Waals surface area contributed by atoms with E-state index in [4.69, 9.17) is 23.2 Å². The van der Waals surface area contributed by atoms with Crippen LogP contribution in [0, 0.1) is 0 Å². The Labute approximate surface area is 183 Å². The van der Waals surface area contributed by atoms with Gasteiger partial charge in [-0.1, -0.05) is 59.6 Å². The Hall–Kier alpha value is -3.34.